The van der Waals surface area contributed by atoms with E-state index < -0.39 is 0 Å². The Kier molecular flexibility index (Phi) is 3.94. The smallest absolute Gasteiger partial charge is 0.219 e. The summed E-state index contributed by atoms with van der Waals surface area (Å²) in [6, 6.07) is 0. The number of rotatable bonds is 3. The van der Waals surface area contributed by atoms with Crippen LogP contribution in [0.1, 0.15) is 25.5 Å². The number of nitrogens with zero attached hydrogens (tertiary/aromatic N) is 4. The lowest BCUT2D eigenvalue weighted by Gasteiger charge is -2.32. The molecule has 21 heavy (non-hydrogen) atoms. The number of imidazole rings is 1. The molecule has 0 unspecified atom stereocenters. The molecule has 0 aliphatic carbocycles. The van der Waals surface area contributed by atoms with Gasteiger partial charge in [-0.1, -0.05) is 0 Å². The SMILES string of the molecule is CC(=O)N1CCC[C@@H](Cc2nccnc2-c2ncc[nH]2)C1. The quantitative estimate of drug-likeness (QED) is 0.930. The van der Waals surface area contributed by atoms with Gasteiger partial charge in [0, 0.05) is 44.8 Å². The van der Waals surface area contributed by atoms with Crippen LogP contribution in [0.15, 0.2) is 24.8 Å². The van der Waals surface area contributed by atoms with E-state index in [1.165, 1.54) is 0 Å². The van der Waals surface area contributed by atoms with Crippen LogP contribution in [0.2, 0.25) is 0 Å². The molecule has 1 atom stereocenters. The van der Waals surface area contributed by atoms with E-state index in [9.17, 15) is 4.79 Å². The molecule has 1 aliphatic rings. The zero-order chi connectivity index (χ0) is 14.7. The molecule has 2 aromatic rings. The fourth-order valence-corrected chi connectivity index (χ4v) is 2.90. The highest BCUT2D eigenvalue weighted by Crippen LogP contribution is 2.24. The molecule has 0 saturated carbocycles. The second-order valence-electron chi connectivity index (χ2n) is 5.47. The Balaban J connectivity index is 1.77. The largest absolute Gasteiger partial charge is 0.343 e. The first-order valence-electron chi connectivity index (χ1n) is 7.29. The summed E-state index contributed by atoms with van der Waals surface area (Å²) in [6.07, 6.45) is 9.90. The van der Waals surface area contributed by atoms with Crippen molar-refractivity contribution in [2.24, 2.45) is 5.92 Å². The summed E-state index contributed by atoms with van der Waals surface area (Å²) in [5.74, 6) is 1.34. The number of carbonyl (C=O) groups is 1. The van der Waals surface area contributed by atoms with E-state index in [-0.39, 0.29) is 5.91 Å². The maximum absolute atomic E-state index is 11.5. The number of likely N-dealkylation sites (tertiary alicyclic amines) is 1. The fraction of sp³-hybridized carbons (Fsp3) is 0.467. The van der Waals surface area contributed by atoms with Crippen molar-refractivity contribution in [1.29, 1.82) is 0 Å². The zero-order valence-corrected chi connectivity index (χ0v) is 12.1. The second kappa shape index (κ2) is 6.03. The predicted octanol–water partition coefficient (Wildman–Crippen LogP) is 1.67. The average Bonchev–Trinajstić information content (AvgIpc) is 3.02. The van der Waals surface area contributed by atoms with E-state index in [1.807, 2.05) is 4.90 Å². The molecule has 1 N–H and O–H groups in total. The molecule has 110 valence electrons. The van der Waals surface area contributed by atoms with Gasteiger partial charge in [0.15, 0.2) is 5.82 Å². The van der Waals surface area contributed by atoms with Crippen molar-refractivity contribution < 1.29 is 4.79 Å². The van der Waals surface area contributed by atoms with E-state index in [0.717, 1.165) is 49.6 Å². The summed E-state index contributed by atoms with van der Waals surface area (Å²) in [4.78, 5) is 29.7. The Labute approximate surface area is 123 Å². The van der Waals surface area contributed by atoms with Gasteiger partial charge in [0.25, 0.3) is 0 Å². The lowest BCUT2D eigenvalue weighted by molar-refractivity contribution is -0.130. The van der Waals surface area contributed by atoms with Gasteiger partial charge >= 0.3 is 0 Å². The first-order valence-corrected chi connectivity index (χ1v) is 7.29. The molecule has 3 heterocycles. The van der Waals surface area contributed by atoms with E-state index in [2.05, 4.69) is 19.9 Å². The molecule has 1 saturated heterocycles. The highest BCUT2D eigenvalue weighted by Gasteiger charge is 2.23. The molecule has 6 nitrogen and oxygen atoms in total. The Morgan fingerprint density at radius 3 is 2.95 bits per heavy atom. The van der Waals surface area contributed by atoms with Gasteiger partial charge in [-0.25, -0.2) is 9.97 Å². The molecule has 0 radical (unpaired) electrons. The van der Waals surface area contributed by atoms with Crippen molar-refractivity contribution in [2.75, 3.05) is 13.1 Å². The molecule has 1 amide bonds. The molecular weight excluding hydrogens is 266 g/mol. The van der Waals surface area contributed by atoms with Crippen molar-refractivity contribution in [3.63, 3.8) is 0 Å². The third kappa shape index (κ3) is 3.09. The number of aromatic nitrogens is 4. The normalized spacial score (nSPS) is 18.7. The van der Waals surface area contributed by atoms with Gasteiger partial charge in [-0.2, -0.15) is 0 Å². The van der Waals surface area contributed by atoms with E-state index in [4.69, 9.17) is 0 Å². The van der Waals surface area contributed by atoms with Crippen LogP contribution in [0.4, 0.5) is 0 Å². The van der Waals surface area contributed by atoms with Crippen LogP contribution >= 0.6 is 0 Å². The summed E-state index contributed by atoms with van der Waals surface area (Å²) in [5.41, 5.74) is 1.75. The topological polar surface area (TPSA) is 74.8 Å². The monoisotopic (exact) mass is 285 g/mol. The maximum Gasteiger partial charge on any atom is 0.219 e. The molecule has 3 rings (SSSR count). The van der Waals surface area contributed by atoms with Gasteiger partial charge < -0.3 is 9.88 Å². The van der Waals surface area contributed by atoms with Gasteiger partial charge in [-0.3, -0.25) is 9.78 Å². The molecule has 0 spiro atoms. The molecule has 2 aromatic heterocycles. The van der Waals surface area contributed by atoms with E-state index >= 15 is 0 Å². The third-order valence-corrected chi connectivity index (χ3v) is 3.94. The van der Waals surface area contributed by atoms with E-state index in [0.29, 0.717) is 5.92 Å². The second-order valence-corrected chi connectivity index (χ2v) is 5.47. The number of nitrogens with one attached hydrogen (secondary N) is 1. The predicted molar refractivity (Wildman–Crippen MR) is 78.3 cm³/mol. The summed E-state index contributed by atoms with van der Waals surface area (Å²) in [5, 5.41) is 0. The van der Waals surface area contributed by atoms with Crippen LogP contribution < -0.4 is 0 Å². The van der Waals surface area contributed by atoms with E-state index in [1.54, 1.807) is 31.7 Å². The minimum Gasteiger partial charge on any atom is -0.343 e. The van der Waals surface area contributed by atoms with Crippen LogP contribution in [-0.2, 0) is 11.2 Å². The molecule has 0 aromatic carbocycles. The number of amides is 1. The standard InChI is InChI=1S/C15H19N5O/c1-11(21)20-8-2-3-12(10-20)9-13-14(17-5-4-16-13)15-18-6-7-19-15/h4-7,12H,2-3,8-10H2,1H3,(H,18,19)/t12-/m0/s1. The highest BCUT2D eigenvalue weighted by atomic mass is 16.2. The third-order valence-electron chi connectivity index (χ3n) is 3.94. The summed E-state index contributed by atoms with van der Waals surface area (Å²) in [7, 11) is 0. The minimum atomic E-state index is 0.158. The Morgan fingerprint density at radius 1 is 1.33 bits per heavy atom. The summed E-state index contributed by atoms with van der Waals surface area (Å²) in [6.45, 7) is 3.32. The number of piperidine rings is 1. The van der Waals surface area contributed by atoms with Crippen molar-refractivity contribution in [3.05, 3.63) is 30.5 Å². The van der Waals surface area contributed by atoms with Crippen LogP contribution in [0.5, 0.6) is 0 Å². The van der Waals surface area contributed by atoms with Gasteiger partial charge in [0.05, 0.1) is 5.69 Å². The highest BCUT2D eigenvalue weighted by molar-refractivity contribution is 5.73. The number of aromatic amines is 1. The van der Waals surface area contributed by atoms with Gasteiger partial charge in [-0.05, 0) is 25.2 Å². The fourth-order valence-electron chi connectivity index (χ4n) is 2.90. The summed E-state index contributed by atoms with van der Waals surface area (Å²) >= 11 is 0. The number of H-pyrrole nitrogens is 1. The van der Waals surface area contributed by atoms with Crippen molar-refractivity contribution in [1.82, 2.24) is 24.8 Å². The lowest BCUT2D eigenvalue weighted by atomic mass is 9.92. The minimum absolute atomic E-state index is 0.158. The summed E-state index contributed by atoms with van der Waals surface area (Å²) < 4.78 is 0. The maximum atomic E-state index is 11.5. The molecule has 1 aliphatic heterocycles. The molecule has 1 fully saturated rings. The Hall–Kier alpha value is -2.24. The van der Waals surface area contributed by atoms with Crippen molar-refractivity contribution in [3.8, 4) is 11.5 Å². The van der Waals surface area contributed by atoms with Gasteiger partial charge in [0.1, 0.15) is 5.69 Å². The molecule has 0 bridgehead atoms. The zero-order valence-electron chi connectivity index (χ0n) is 12.1. The Morgan fingerprint density at radius 2 is 2.19 bits per heavy atom. The number of carbonyl (C=O) groups excluding carboxylic acids is 1. The molecular formula is C15H19N5O. The number of hydrogen-bond acceptors (Lipinski definition) is 4. The number of hydrogen-bond donors (Lipinski definition) is 1. The first-order chi connectivity index (χ1) is 10.2. The van der Waals surface area contributed by atoms with Gasteiger partial charge in [0.2, 0.25) is 5.91 Å². The van der Waals surface area contributed by atoms with Crippen LogP contribution in [0, 0.1) is 5.92 Å². The average molecular weight is 285 g/mol. The van der Waals surface area contributed by atoms with Crippen molar-refractivity contribution >= 4 is 5.91 Å². The van der Waals surface area contributed by atoms with Crippen molar-refractivity contribution in [2.45, 2.75) is 26.2 Å². The Bertz CT molecular complexity index is 610. The van der Waals surface area contributed by atoms with Crippen LogP contribution in [-0.4, -0.2) is 43.8 Å². The first kappa shape index (κ1) is 13.7. The lowest BCUT2D eigenvalue weighted by Crippen LogP contribution is -2.39. The van der Waals surface area contributed by atoms with Crippen LogP contribution in [0.3, 0.4) is 0 Å². The molecule has 6 heteroatoms. The van der Waals surface area contributed by atoms with Crippen LogP contribution in [0.25, 0.3) is 11.5 Å². The van der Waals surface area contributed by atoms with Gasteiger partial charge in [-0.15, -0.1) is 0 Å².